The highest BCUT2D eigenvalue weighted by Gasteiger charge is 2.16. The first-order valence-corrected chi connectivity index (χ1v) is 7.41. The number of ether oxygens (including phenoxy) is 3. The summed E-state index contributed by atoms with van der Waals surface area (Å²) in [4.78, 5) is 0. The molecule has 1 atom stereocenters. The maximum atomic E-state index is 6.33. The van der Waals surface area contributed by atoms with Crippen LogP contribution in [0.15, 0.2) is 12.1 Å². The van der Waals surface area contributed by atoms with Crippen molar-refractivity contribution in [2.24, 2.45) is 0 Å². The first kappa shape index (κ1) is 18.1. The van der Waals surface area contributed by atoms with Crippen LogP contribution >= 0.6 is 11.6 Å². The average molecular weight is 316 g/mol. The Hall–Kier alpha value is -0.970. The van der Waals surface area contributed by atoms with Gasteiger partial charge in [0.05, 0.1) is 18.7 Å². The monoisotopic (exact) mass is 315 g/mol. The van der Waals surface area contributed by atoms with Gasteiger partial charge in [0, 0.05) is 19.2 Å². The molecule has 21 heavy (non-hydrogen) atoms. The smallest absolute Gasteiger partial charge is 0.180 e. The first-order valence-electron chi connectivity index (χ1n) is 7.04. The Morgan fingerprint density at radius 2 is 1.90 bits per heavy atom. The van der Waals surface area contributed by atoms with Crippen molar-refractivity contribution in [2.45, 2.75) is 45.9 Å². The van der Waals surface area contributed by atoms with Gasteiger partial charge in [-0.15, -0.1) is 0 Å². The Balaban J connectivity index is 2.91. The third-order valence-electron chi connectivity index (χ3n) is 2.83. The zero-order valence-electron chi connectivity index (χ0n) is 13.7. The van der Waals surface area contributed by atoms with Gasteiger partial charge in [-0.2, -0.15) is 0 Å². The Labute approximate surface area is 132 Å². The van der Waals surface area contributed by atoms with E-state index in [9.17, 15) is 0 Å². The van der Waals surface area contributed by atoms with Gasteiger partial charge in [0.2, 0.25) is 0 Å². The van der Waals surface area contributed by atoms with E-state index in [0.29, 0.717) is 29.7 Å². The van der Waals surface area contributed by atoms with E-state index in [4.69, 9.17) is 25.8 Å². The molecule has 0 amide bonds. The molecule has 1 rings (SSSR count). The highest BCUT2D eigenvalue weighted by atomic mass is 35.5. The molecule has 0 bridgehead atoms. The highest BCUT2D eigenvalue weighted by Crippen LogP contribution is 2.37. The minimum Gasteiger partial charge on any atom is -0.493 e. The Kier molecular flexibility index (Phi) is 6.78. The van der Waals surface area contributed by atoms with Crippen LogP contribution in [0.2, 0.25) is 5.02 Å². The van der Waals surface area contributed by atoms with Gasteiger partial charge < -0.3 is 19.5 Å². The van der Waals surface area contributed by atoms with E-state index >= 15 is 0 Å². The van der Waals surface area contributed by atoms with Crippen molar-refractivity contribution in [1.29, 1.82) is 0 Å². The molecule has 1 N–H and O–H groups in total. The van der Waals surface area contributed by atoms with Crippen molar-refractivity contribution >= 4 is 11.6 Å². The van der Waals surface area contributed by atoms with E-state index in [1.165, 1.54) is 0 Å². The summed E-state index contributed by atoms with van der Waals surface area (Å²) in [6.45, 7) is 9.50. The molecular formula is C16H26ClNO3. The summed E-state index contributed by atoms with van der Waals surface area (Å²) in [7, 11) is 3.25. The van der Waals surface area contributed by atoms with Crippen molar-refractivity contribution in [3.05, 3.63) is 22.7 Å². The fraction of sp³-hybridized carbons (Fsp3) is 0.625. The van der Waals surface area contributed by atoms with Crippen LogP contribution in [0.4, 0.5) is 0 Å². The van der Waals surface area contributed by atoms with Crippen molar-refractivity contribution in [2.75, 3.05) is 20.8 Å². The maximum absolute atomic E-state index is 6.33. The van der Waals surface area contributed by atoms with Gasteiger partial charge in [-0.1, -0.05) is 11.6 Å². The van der Waals surface area contributed by atoms with E-state index in [2.05, 4.69) is 26.1 Å². The normalized spacial score (nSPS) is 13.1. The standard InChI is InChI=1S/C16H26ClNO3/c1-11(10-19-5)21-15-13(17)7-12(8-14(15)20-6)9-18-16(2,3)4/h7-8,11,18H,9-10H2,1-6H3. The minimum atomic E-state index is -0.0973. The van der Waals surface area contributed by atoms with Gasteiger partial charge in [-0.3, -0.25) is 0 Å². The van der Waals surface area contributed by atoms with E-state index in [0.717, 1.165) is 5.56 Å². The topological polar surface area (TPSA) is 39.7 Å². The first-order chi connectivity index (χ1) is 9.76. The van der Waals surface area contributed by atoms with Crippen LogP contribution in [0, 0.1) is 0 Å². The third-order valence-corrected chi connectivity index (χ3v) is 3.11. The molecule has 0 aliphatic carbocycles. The quantitative estimate of drug-likeness (QED) is 0.833. The van der Waals surface area contributed by atoms with Crippen molar-refractivity contribution in [3.8, 4) is 11.5 Å². The van der Waals surface area contributed by atoms with Crippen LogP contribution in [-0.4, -0.2) is 32.5 Å². The van der Waals surface area contributed by atoms with Crippen LogP contribution in [0.3, 0.4) is 0 Å². The molecule has 0 aliphatic heterocycles. The molecule has 120 valence electrons. The molecule has 5 heteroatoms. The van der Waals surface area contributed by atoms with Crippen LogP contribution in [0.25, 0.3) is 0 Å². The van der Waals surface area contributed by atoms with E-state index < -0.39 is 0 Å². The number of benzene rings is 1. The molecular weight excluding hydrogens is 290 g/mol. The molecule has 0 saturated carbocycles. The molecule has 1 unspecified atom stereocenters. The van der Waals surface area contributed by atoms with Gasteiger partial charge in [-0.25, -0.2) is 0 Å². The lowest BCUT2D eigenvalue weighted by molar-refractivity contribution is 0.0900. The van der Waals surface area contributed by atoms with Crippen LogP contribution in [0.5, 0.6) is 11.5 Å². The summed E-state index contributed by atoms with van der Waals surface area (Å²) in [6, 6.07) is 3.84. The average Bonchev–Trinajstić information content (AvgIpc) is 2.38. The van der Waals surface area contributed by atoms with E-state index in [-0.39, 0.29) is 11.6 Å². The van der Waals surface area contributed by atoms with E-state index in [1.807, 2.05) is 19.1 Å². The molecule has 0 saturated heterocycles. The molecule has 0 radical (unpaired) electrons. The zero-order valence-corrected chi connectivity index (χ0v) is 14.5. The van der Waals surface area contributed by atoms with E-state index in [1.54, 1.807) is 14.2 Å². The number of hydrogen-bond acceptors (Lipinski definition) is 4. The Morgan fingerprint density at radius 1 is 1.24 bits per heavy atom. The summed E-state index contributed by atoms with van der Waals surface area (Å²) in [5, 5.41) is 3.97. The van der Waals surface area contributed by atoms with Crippen molar-refractivity contribution < 1.29 is 14.2 Å². The van der Waals surface area contributed by atoms with Crippen molar-refractivity contribution in [1.82, 2.24) is 5.32 Å². The van der Waals surface area contributed by atoms with Crippen LogP contribution < -0.4 is 14.8 Å². The molecule has 0 aliphatic rings. The zero-order chi connectivity index (χ0) is 16.0. The third kappa shape index (κ3) is 6.12. The number of rotatable bonds is 7. The summed E-state index contributed by atoms with van der Waals surface area (Å²) in [5.74, 6) is 1.19. The SMILES string of the molecule is COCC(C)Oc1c(Cl)cc(CNC(C)(C)C)cc1OC. The second-order valence-electron chi connectivity index (χ2n) is 6.10. The largest absolute Gasteiger partial charge is 0.493 e. The van der Waals surface area contributed by atoms with Gasteiger partial charge in [0.1, 0.15) is 6.10 Å². The molecule has 0 fully saturated rings. The maximum Gasteiger partial charge on any atom is 0.180 e. The highest BCUT2D eigenvalue weighted by molar-refractivity contribution is 6.32. The summed E-state index contributed by atoms with van der Waals surface area (Å²) < 4.78 is 16.3. The molecule has 1 aromatic rings. The van der Waals surface area contributed by atoms with Gasteiger partial charge in [0.25, 0.3) is 0 Å². The minimum absolute atomic E-state index is 0.0435. The fourth-order valence-electron chi connectivity index (χ4n) is 1.83. The number of methoxy groups -OCH3 is 2. The van der Waals surface area contributed by atoms with Gasteiger partial charge >= 0.3 is 0 Å². The van der Waals surface area contributed by atoms with Gasteiger partial charge in [-0.05, 0) is 45.4 Å². The van der Waals surface area contributed by atoms with Crippen molar-refractivity contribution in [3.63, 3.8) is 0 Å². The molecule has 0 aromatic heterocycles. The molecule has 1 aromatic carbocycles. The lowest BCUT2D eigenvalue weighted by Crippen LogP contribution is -2.35. The Morgan fingerprint density at radius 3 is 2.43 bits per heavy atom. The molecule has 4 nitrogen and oxygen atoms in total. The lowest BCUT2D eigenvalue weighted by Gasteiger charge is -2.22. The number of hydrogen-bond donors (Lipinski definition) is 1. The number of nitrogens with one attached hydrogen (secondary N) is 1. The molecule has 0 spiro atoms. The van der Waals surface area contributed by atoms with Crippen LogP contribution in [0.1, 0.15) is 33.3 Å². The Bertz CT molecular complexity index is 458. The number of halogens is 1. The predicted molar refractivity (Wildman–Crippen MR) is 86.6 cm³/mol. The second kappa shape index (κ2) is 7.87. The lowest BCUT2D eigenvalue weighted by atomic mass is 10.1. The summed E-state index contributed by atoms with van der Waals surface area (Å²) >= 11 is 6.33. The predicted octanol–water partition coefficient (Wildman–Crippen LogP) is 3.65. The molecule has 0 heterocycles. The second-order valence-corrected chi connectivity index (χ2v) is 6.50. The summed E-state index contributed by atoms with van der Waals surface area (Å²) in [5.41, 5.74) is 1.10. The summed E-state index contributed by atoms with van der Waals surface area (Å²) in [6.07, 6.45) is -0.0973. The van der Waals surface area contributed by atoms with Gasteiger partial charge in [0.15, 0.2) is 11.5 Å². The van der Waals surface area contributed by atoms with Crippen LogP contribution in [-0.2, 0) is 11.3 Å². The fourth-order valence-corrected chi connectivity index (χ4v) is 2.10.